The highest BCUT2D eigenvalue weighted by Crippen LogP contribution is 2.44. The maximum Gasteiger partial charge on any atom is 0.147 e. The number of para-hydroxylation sites is 2. The van der Waals surface area contributed by atoms with Crippen LogP contribution in [-0.2, 0) is 0 Å². The van der Waals surface area contributed by atoms with Gasteiger partial charge in [-0.25, -0.2) is 4.98 Å². The van der Waals surface area contributed by atoms with Crippen LogP contribution in [0.2, 0.25) is 0 Å². The van der Waals surface area contributed by atoms with Gasteiger partial charge in [0.1, 0.15) is 5.82 Å². The summed E-state index contributed by atoms with van der Waals surface area (Å²) in [6, 6.07) is 67.8. The Morgan fingerprint density at radius 2 is 0.836 bits per heavy atom. The van der Waals surface area contributed by atoms with Crippen molar-refractivity contribution in [1.82, 2.24) is 14.5 Å². The van der Waals surface area contributed by atoms with E-state index in [4.69, 9.17) is 9.97 Å². The van der Waals surface area contributed by atoms with Crippen molar-refractivity contribution in [3.63, 3.8) is 0 Å². The number of hydrogen-bond donors (Lipinski definition) is 0. The number of pyridine rings is 1. The monoisotopic (exact) mass is 699 g/mol. The highest BCUT2D eigenvalue weighted by molar-refractivity contribution is 6.21. The van der Waals surface area contributed by atoms with Gasteiger partial charge in [-0.3, -0.25) is 9.55 Å². The van der Waals surface area contributed by atoms with Crippen molar-refractivity contribution in [2.75, 3.05) is 0 Å². The molecule has 0 aliphatic rings. The molecule has 11 aromatic rings. The lowest BCUT2D eigenvalue weighted by Gasteiger charge is -2.18. The summed E-state index contributed by atoms with van der Waals surface area (Å²) in [5.41, 5.74) is 11.1. The number of rotatable bonds is 5. The molecule has 0 radical (unpaired) electrons. The van der Waals surface area contributed by atoms with E-state index in [1.54, 1.807) is 0 Å². The normalized spacial score (nSPS) is 11.6. The van der Waals surface area contributed by atoms with Crippen LogP contribution in [0.1, 0.15) is 0 Å². The molecule has 0 spiro atoms. The molecule has 0 aliphatic carbocycles. The van der Waals surface area contributed by atoms with Gasteiger partial charge < -0.3 is 0 Å². The molecule has 3 heteroatoms. The highest BCUT2D eigenvalue weighted by atomic mass is 15.1. The van der Waals surface area contributed by atoms with Crippen LogP contribution >= 0.6 is 0 Å². The van der Waals surface area contributed by atoms with Crippen molar-refractivity contribution < 1.29 is 0 Å². The van der Waals surface area contributed by atoms with Gasteiger partial charge in [0.05, 0.1) is 11.0 Å². The summed E-state index contributed by atoms with van der Waals surface area (Å²) in [5.74, 6) is 0.861. The molecule has 2 heterocycles. The van der Waals surface area contributed by atoms with E-state index in [0.29, 0.717) is 0 Å². The molecule has 0 amide bonds. The molecule has 55 heavy (non-hydrogen) atoms. The van der Waals surface area contributed by atoms with E-state index in [-0.39, 0.29) is 0 Å². The van der Waals surface area contributed by atoms with Gasteiger partial charge in [-0.2, -0.15) is 0 Å². The van der Waals surface area contributed by atoms with E-state index < -0.39 is 0 Å². The molecule has 0 saturated carbocycles. The second-order valence-electron chi connectivity index (χ2n) is 14.2. The Morgan fingerprint density at radius 1 is 0.345 bits per heavy atom. The first kappa shape index (κ1) is 31.2. The van der Waals surface area contributed by atoms with E-state index in [1.807, 2.05) is 18.5 Å². The molecule has 11 rings (SSSR count). The molecule has 9 aromatic carbocycles. The van der Waals surface area contributed by atoms with Gasteiger partial charge in [-0.15, -0.1) is 0 Å². The van der Waals surface area contributed by atoms with Crippen molar-refractivity contribution in [1.29, 1.82) is 0 Å². The molecule has 0 bridgehead atoms. The molecule has 0 atom stereocenters. The summed E-state index contributed by atoms with van der Waals surface area (Å²) >= 11 is 0. The van der Waals surface area contributed by atoms with Gasteiger partial charge in [0.15, 0.2) is 0 Å². The van der Waals surface area contributed by atoms with Crippen molar-refractivity contribution in [2.45, 2.75) is 0 Å². The first-order chi connectivity index (χ1) is 27.3. The topological polar surface area (TPSA) is 30.7 Å². The Balaban J connectivity index is 1.06. The quantitative estimate of drug-likeness (QED) is 0.167. The summed E-state index contributed by atoms with van der Waals surface area (Å²) in [6.07, 6.45) is 3.86. The number of benzene rings is 9. The number of fused-ring (bicyclic) bond motifs is 5. The zero-order valence-corrected chi connectivity index (χ0v) is 29.9. The molecule has 0 fully saturated rings. The summed E-state index contributed by atoms with van der Waals surface area (Å²) in [5, 5.41) is 9.90. The second-order valence-corrected chi connectivity index (χ2v) is 14.2. The predicted molar refractivity (Wildman–Crippen MR) is 231 cm³/mol. The van der Waals surface area contributed by atoms with Gasteiger partial charge in [0.2, 0.25) is 0 Å². The van der Waals surface area contributed by atoms with Crippen molar-refractivity contribution in [2.24, 2.45) is 0 Å². The third-order valence-corrected chi connectivity index (χ3v) is 11.0. The van der Waals surface area contributed by atoms with E-state index in [1.165, 1.54) is 65.3 Å². The molecule has 0 N–H and O–H groups in total. The third kappa shape index (κ3) is 5.20. The minimum Gasteiger partial charge on any atom is -0.292 e. The minimum absolute atomic E-state index is 0.861. The average Bonchev–Trinajstić information content (AvgIpc) is 3.65. The maximum absolute atomic E-state index is 5.19. The smallest absolute Gasteiger partial charge is 0.147 e. The first-order valence-corrected chi connectivity index (χ1v) is 18.7. The number of aromatic nitrogens is 3. The van der Waals surface area contributed by atoms with Crippen LogP contribution in [0.5, 0.6) is 0 Å². The van der Waals surface area contributed by atoms with Gasteiger partial charge >= 0.3 is 0 Å². The molecule has 0 aliphatic heterocycles. The van der Waals surface area contributed by atoms with Crippen LogP contribution in [0.3, 0.4) is 0 Å². The summed E-state index contributed by atoms with van der Waals surface area (Å²) in [7, 11) is 0. The molecular weight excluding hydrogens is 667 g/mol. The molecule has 3 nitrogen and oxygen atoms in total. The SMILES string of the molecule is c1ccc2cc(-c3cncc(-c4nc5ccccc5n4-c4ccc(-c5c6ccccc6c(-c6ccc7ccccc7c6)c6ccccc56)cc4)c3)ccc2c1. The highest BCUT2D eigenvalue weighted by Gasteiger charge is 2.19. The van der Waals surface area contributed by atoms with Gasteiger partial charge in [-0.1, -0.05) is 146 Å². The van der Waals surface area contributed by atoms with E-state index >= 15 is 0 Å². The largest absolute Gasteiger partial charge is 0.292 e. The zero-order chi connectivity index (χ0) is 36.3. The van der Waals surface area contributed by atoms with E-state index in [0.717, 1.165) is 39.2 Å². The van der Waals surface area contributed by atoms with Crippen LogP contribution in [0.15, 0.2) is 200 Å². The number of nitrogens with zero attached hydrogens (tertiary/aromatic N) is 3. The van der Waals surface area contributed by atoms with Crippen LogP contribution in [0.25, 0.3) is 105 Å². The van der Waals surface area contributed by atoms with Crippen LogP contribution in [-0.4, -0.2) is 14.5 Å². The van der Waals surface area contributed by atoms with Crippen molar-refractivity contribution in [3.05, 3.63) is 200 Å². The fraction of sp³-hybridized carbons (Fsp3) is 0. The average molecular weight is 700 g/mol. The second kappa shape index (κ2) is 12.6. The van der Waals surface area contributed by atoms with Crippen molar-refractivity contribution in [3.8, 4) is 50.5 Å². The van der Waals surface area contributed by atoms with E-state index in [9.17, 15) is 0 Å². The Labute approximate surface area is 318 Å². The third-order valence-electron chi connectivity index (χ3n) is 11.0. The summed E-state index contributed by atoms with van der Waals surface area (Å²) in [6.45, 7) is 0. The van der Waals surface area contributed by atoms with E-state index in [2.05, 4.69) is 187 Å². The fourth-order valence-corrected chi connectivity index (χ4v) is 8.44. The lowest BCUT2D eigenvalue weighted by Crippen LogP contribution is -1.98. The van der Waals surface area contributed by atoms with Crippen LogP contribution in [0.4, 0.5) is 0 Å². The number of imidazole rings is 1. The van der Waals surface area contributed by atoms with Gasteiger partial charge in [0, 0.05) is 29.2 Å². The maximum atomic E-state index is 5.19. The standard InChI is InChI=1S/C52H33N3/c1-3-13-37-29-39(23-21-34(37)11-1)41-31-42(33-53-32-41)52-54-48-19-9-10-20-49(48)55(52)43-27-25-36(26-28-43)50-44-15-5-7-17-46(44)51(47-18-8-6-16-45(47)50)40-24-22-35-12-2-4-14-38(35)30-40/h1-33H. The van der Waals surface area contributed by atoms with Gasteiger partial charge in [-0.05, 0) is 113 Å². The van der Waals surface area contributed by atoms with Crippen LogP contribution in [0, 0.1) is 0 Å². The molecule has 0 saturated heterocycles. The minimum atomic E-state index is 0.861. The Hall–Kier alpha value is -7.36. The molecule has 2 aromatic heterocycles. The van der Waals surface area contributed by atoms with Crippen molar-refractivity contribution >= 4 is 54.1 Å². The lowest BCUT2D eigenvalue weighted by atomic mass is 9.85. The first-order valence-electron chi connectivity index (χ1n) is 18.7. The Bertz CT molecular complexity index is 3210. The predicted octanol–water partition coefficient (Wildman–Crippen LogP) is 13.7. The molecular formula is C52H33N3. The lowest BCUT2D eigenvalue weighted by molar-refractivity contribution is 1.10. The van der Waals surface area contributed by atoms with Crippen LogP contribution < -0.4 is 0 Å². The van der Waals surface area contributed by atoms with Gasteiger partial charge in [0.25, 0.3) is 0 Å². The summed E-state index contributed by atoms with van der Waals surface area (Å²) < 4.78 is 2.26. The number of hydrogen-bond acceptors (Lipinski definition) is 2. The molecule has 256 valence electrons. The zero-order valence-electron chi connectivity index (χ0n) is 29.9. The Kier molecular flexibility index (Phi) is 7.17. The fourth-order valence-electron chi connectivity index (χ4n) is 8.44. The summed E-state index contributed by atoms with van der Waals surface area (Å²) in [4.78, 5) is 9.91. The molecule has 0 unspecified atom stereocenters. The Morgan fingerprint density at radius 3 is 1.49 bits per heavy atom.